The number of rotatable bonds is 3. The van der Waals surface area contributed by atoms with Gasteiger partial charge < -0.3 is 5.11 Å². The van der Waals surface area contributed by atoms with Crippen LogP contribution in [0.25, 0.3) is 0 Å². The third-order valence-electron chi connectivity index (χ3n) is 2.84. The van der Waals surface area contributed by atoms with Gasteiger partial charge in [-0.05, 0) is 69.2 Å². The van der Waals surface area contributed by atoms with Crippen LogP contribution in [0.4, 0.5) is 0 Å². The van der Waals surface area contributed by atoms with Gasteiger partial charge in [-0.1, -0.05) is 27.7 Å². The van der Waals surface area contributed by atoms with E-state index in [-0.39, 0.29) is 11.5 Å². The van der Waals surface area contributed by atoms with Gasteiger partial charge in [0.1, 0.15) is 5.75 Å². The molecule has 0 aliphatic rings. The molecular weight excluding hydrogens is 452 g/mol. The van der Waals surface area contributed by atoms with Crippen molar-refractivity contribution in [2.75, 3.05) is 0 Å². The van der Waals surface area contributed by atoms with E-state index in [2.05, 4.69) is 77.9 Å². The molecule has 0 unspecified atom stereocenters. The molecule has 0 amide bonds. The van der Waals surface area contributed by atoms with Crippen LogP contribution in [0.15, 0.2) is 17.1 Å². The predicted molar refractivity (Wildman–Crippen MR) is 94.7 cm³/mol. The smallest absolute Gasteiger partial charge is 0.137 e. The van der Waals surface area contributed by atoms with Gasteiger partial charge in [0.15, 0.2) is 0 Å². The lowest BCUT2D eigenvalue weighted by Gasteiger charge is -2.26. The first kappa shape index (κ1) is 16.2. The molecule has 0 aliphatic heterocycles. The summed E-state index contributed by atoms with van der Waals surface area (Å²) in [7, 11) is 0. The molecule has 18 heavy (non-hydrogen) atoms. The van der Waals surface area contributed by atoms with Crippen molar-refractivity contribution in [1.29, 1.82) is 0 Å². The first-order chi connectivity index (χ1) is 8.25. The third-order valence-corrected chi connectivity index (χ3v) is 4.28. The maximum atomic E-state index is 10.0. The Kier molecular flexibility index (Phi) is 5.89. The maximum absolute atomic E-state index is 10.0. The number of nitrogens with zero attached hydrogens (tertiary/aromatic N) is 1. The summed E-state index contributed by atoms with van der Waals surface area (Å²) in [5.74, 6) is 0.323. The van der Waals surface area contributed by atoms with Gasteiger partial charge in [0.05, 0.1) is 9.61 Å². The van der Waals surface area contributed by atoms with Gasteiger partial charge in [-0.25, -0.2) is 0 Å². The lowest BCUT2D eigenvalue weighted by Crippen LogP contribution is -2.23. The second-order valence-corrected chi connectivity index (χ2v) is 7.80. The van der Waals surface area contributed by atoms with Gasteiger partial charge in [-0.3, -0.25) is 4.99 Å². The fourth-order valence-electron chi connectivity index (χ4n) is 1.80. The zero-order chi connectivity index (χ0) is 13.9. The van der Waals surface area contributed by atoms with Gasteiger partial charge >= 0.3 is 0 Å². The summed E-state index contributed by atoms with van der Waals surface area (Å²) in [6.07, 6.45) is 2.81. The Hall–Kier alpha value is 0.150. The highest BCUT2D eigenvalue weighted by molar-refractivity contribution is 14.1. The number of benzene rings is 1. The number of phenolic OH excluding ortho intramolecular Hbond substituents is 1. The quantitative estimate of drug-likeness (QED) is 0.497. The van der Waals surface area contributed by atoms with Crippen molar-refractivity contribution >= 4 is 51.4 Å². The average molecular weight is 471 g/mol. The summed E-state index contributed by atoms with van der Waals surface area (Å²) in [5, 5.41) is 10.0. The summed E-state index contributed by atoms with van der Waals surface area (Å²) >= 11 is 4.39. The number of hydrogen-bond acceptors (Lipinski definition) is 2. The Morgan fingerprint density at radius 3 is 2.44 bits per heavy atom. The monoisotopic (exact) mass is 471 g/mol. The van der Waals surface area contributed by atoms with E-state index in [4.69, 9.17) is 0 Å². The van der Waals surface area contributed by atoms with Gasteiger partial charge in [0, 0.05) is 15.3 Å². The molecule has 0 heterocycles. The molecule has 1 rings (SSSR count). The molecule has 1 N–H and O–H groups in total. The standard InChI is InChI=1S/C14H19I2NO/c1-5-12(14(2,3)4)17-8-9-6-10(15)7-11(16)13(9)18/h6-8,12,18H,5H2,1-4H3/b17-8+/t12-/m1/s1. The van der Waals surface area contributed by atoms with Crippen LogP contribution in [0.3, 0.4) is 0 Å². The molecule has 0 saturated heterocycles. The summed E-state index contributed by atoms with van der Waals surface area (Å²) in [5.41, 5.74) is 0.949. The number of aromatic hydroxyl groups is 1. The van der Waals surface area contributed by atoms with E-state index < -0.39 is 0 Å². The van der Waals surface area contributed by atoms with Crippen LogP contribution in [0, 0.1) is 12.6 Å². The molecular formula is C14H19I2NO. The zero-order valence-corrected chi connectivity index (χ0v) is 15.5. The van der Waals surface area contributed by atoms with Crippen LogP contribution < -0.4 is 0 Å². The Morgan fingerprint density at radius 2 is 1.94 bits per heavy atom. The molecule has 0 fully saturated rings. The fraction of sp³-hybridized carbons (Fsp3) is 0.500. The van der Waals surface area contributed by atoms with Crippen molar-refractivity contribution in [1.82, 2.24) is 0 Å². The third kappa shape index (κ3) is 4.36. The fourth-order valence-corrected chi connectivity index (χ4v) is 3.69. The molecule has 0 spiro atoms. The van der Waals surface area contributed by atoms with E-state index >= 15 is 0 Å². The minimum absolute atomic E-state index is 0.149. The van der Waals surface area contributed by atoms with Crippen molar-refractivity contribution < 1.29 is 5.11 Å². The topological polar surface area (TPSA) is 32.6 Å². The molecule has 0 aliphatic carbocycles. The van der Waals surface area contributed by atoms with E-state index in [1.807, 2.05) is 12.1 Å². The molecule has 4 heteroatoms. The van der Waals surface area contributed by atoms with Crippen LogP contribution >= 0.6 is 45.2 Å². The molecule has 0 saturated carbocycles. The lowest BCUT2D eigenvalue weighted by molar-refractivity contribution is 0.316. The van der Waals surface area contributed by atoms with Gasteiger partial charge in [0.25, 0.3) is 0 Å². The van der Waals surface area contributed by atoms with E-state index in [9.17, 15) is 5.11 Å². The normalized spacial score (nSPS) is 14.1. The lowest BCUT2D eigenvalue weighted by atomic mass is 9.85. The van der Waals surface area contributed by atoms with Gasteiger partial charge in [0.2, 0.25) is 0 Å². The summed E-state index contributed by atoms with van der Waals surface area (Å²) in [6.45, 7) is 8.72. The van der Waals surface area contributed by atoms with Crippen LogP contribution in [0.2, 0.25) is 0 Å². The molecule has 1 aromatic carbocycles. The predicted octanol–water partition coefficient (Wildman–Crippen LogP) is 4.85. The average Bonchev–Trinajstić information content (AvgIpc) is 2.23. The minimum Gasteiger partial charge on any atom is -0.506 e. The van der Waals surface area contributed by atoms with Gasteiger partial charge in [-0.2, -0.15) is 0 Å². The van der Waals surface area contributed by atoms with Crippen molar-refractivity contribution in [3.63, 3.8) is 0 Å². The van der Waals surface area contributed by atoms with Gasteiger partial charge in [-0.15, -0.1) is 0 Å². The summed E-state index contributed by atoms with van der Waals surface area (Å²) < 4.78 is 1.98. The second kappa shape index (κ2) is 6.54. The number of halogens is 2. The molecule has 1 aromatic rings. The van der Waals surface area contributed by atoms with Crippen LogP contribution in [0.5, 0.6) is 5.75 Å². The van der Waals surface area contributed by atoms with E-state index in [0.717, 1.165) is 19.1 Å². The van der Waals surface area contributed by atoms with Crippen LogP contribution in [0.1, 0.15) is 39.7 Å². The Bertz CT molecular complexity index is 450. The van der Waals surface area contributed by atoms with Crippen molar-refractivity contribution in [2.24, 2.45) is 10.4 Å². The van der Waals surface area contributed by atoms with Crippen molar-refractivity contribution in [3.8, 4) is 5.75 Å². The molecule has 2 nitrogen and oxygen atoms in total. The minimum atomic E-state index is 0.149. The second-order valence-electron chi connectivity index (χ2n) is 5.39. The Morgan fingerprint density at radius 1 is 1.33 bits per heavy atom. The van der Waals surface area contributed by atoms with Crippen LogP contribution in [-0.2, 0) is 0 Å². The SMILES string of the molecule is CC[C@@H](/N=C/c1cc(I)cc(I)c1O)C(C)(C)C. The Labute approximate surface area is 137 Å². The first-order valence-electron chi connectivity index (χ1n) is 5.97. The highest BCUT2D eigenvalue weighted by Gasteiger charge is 2.21. The summed E-state index contributed by atoms with van der Waals surface area (Å²) in [6, 6.07) is 4.18. The van der Waals surface area contributed by atoms with E-state index in [1.165, 1.54) is 0 Å². The highest BCUT2D eigenvalue weighted by atomic mass is 127. The zero-order valence-electron chi connectivity index (χ0n) is 11.2. The molecule has 0 radical (unpaired) electrons. The Balaban J connectivity index is 3.04. The molecule has 100 valence electrons. The largest absolute Gasteiger partial charge is 0.506 e. The first-order valence-corrected chi connectivity index (χ1v) is 8.12. The highest BCUT2D eigenvalue weighted by Crippen LogP contribution is 2.28. The molecule has 1 atom stereocenters. The maximum Gasteiger partial charge on any atom is 0.137 e. The van der Waals surface area contributed by atoms with Crippen molar-refractivity contribution in [2.45, 2.75) is 40.2 Å². The van der Waals surface area contributed by atoms with E-state index in [1.54, 1.807) is 6.21 Å². The molecule has 0 bridgehead atoms. The van der Waals surface area contributed by atoms with E-state index in [0.29, 0.717) is 5.75 Å². The summed E-state index contributed by atoms with van der Waals surface area (Å²) in [4.78, 5) is 4.64. The number of hydrogen-bond donors (Lipinski definition) is 1. The van der Waals surface area contributed by atoms with Crippen molar-refractivity contribution in [3.05, 3.63) is 24.8 Å². The molecule has 0 aromatic heterocycles. The number of phenols is 1. The van der Waals surface area contributed by atoms with Crippen LogP contribution in [-0.4, -0.2) is 17.4 Å². The number of aliphatic imine (C=N–C) groups is 1.